The molecule has 34 heavy (non-hydrogen) atoms. The van der Waals surface area contributed by atoms with E-state index in [0.29, 0.717) is 18.2 Å². The number of hydrogen-bond acceptors (Lipinski definition) is 7. The fourth-order valence-corrected chi connectivity index (χ4v) is 7.06. The van der Waals surface area contributed by atoms with Gasteiger partial charge in [0.15, 0.2) is 0 Å². The molecule has 0 bridgehead atoms. The molecule has 2 aliphatic carbocycles. The fourth-order valence-electron chi connectivity index (χ4n) is 6.49. The predicted molar refractivity (Wildman–Crippen MR) is 128 cm³/mol. The topological polar surface area (TPSA) is 94.1 Å². The van der Waals surface area contributed by atoms with Crippen LogP contribution in [0.4, 0.5) is 5.69 Å². The van der Waals surface area contributed by atoms with E-state index < -0.39 is 22.2 Å². The highest BCUT2D eigenvalue weighted by atomic mass is 32.3. The van der Waals surface area contributed by atoms with Gasteiger partial charge in [-0.2, -0.15) is 19.5 Å². The molecule has 6 unspecified atom stereocenters. The van der Waals surface area contributed by atoms with Crippen LogP contribution in [0.15, 0.2) is 85.0 Å². The molecule has 2 aromatic rings. The van der Waals surface area contributed by atoms with Crippen molar-refractivity contribution in [3.8, 4) is 0 Å². The zero-order chi connectivity index (χ0) is 23.3. The zero-order valence-corrected chi connectivity index (χ0v) is 19.4. The molecule has 1 saturated carbocycles. The second-order valence-electron chi connectivity index (χ2n) is 9.46. The first-order chi connectivity index (χ1) is 16.5. The minimum absolute atomic E-state index is 0.0604. The van der Waals surface area contributed by atoms with E-state index >= 15 is 0 Å². The zero-order valence-electron chi connectivity index (χ0n) is 18.6. The number of nitrogens with one attached hydrogen (secondary N) is 2. The second-order valence-corrected chi connectivity index (χ2v) is 10.5. The summed E-state index contributed by atoms with van der Waals surface area (Å²) in [6.45, 7) is 0.561. The van der Waals surface area contributed by atoms with Gasteiger partial charge in [-0.3, -0.25) is 9.56 Å². The van der Waals surface area contributed by atoms with Crippen molar-refractivity contribution in [3.05, 3.63) is 90.5 Å². The van der Waals surface area contributed by atoms with E-state index in [1.807, 2.05) is 47.5 Å². The summed E-state index contributed by atoms with van der Waals surface area (Å²) < 4.78 is 40.1. The van der Waals surface area contributed by atoms with Crippen molar-refractivity contribution < 1.29 is 17.2 Å². The Morgan fingerprint density at radius 2 is 1.71 bits per heavy atom. The molecule has 1 saturated heterocycles. The second kappa shape index (κ2) is 8.30. The number of hydrogen-bond donors (Lipinski definition) is 3. The number of nitrogens with zero attached hydrogens (tertiary/aromatic N) is 2. The third-order valence-electron chi connectivity index (χ3n) is 7.72. The van der Waals surface area contributed by atoms with Gasteiger partial charge in [-0.1, -0.05) is 66.8 Å². The lowest BCUT2D eigenvalue weighted by Crippen LogP contribution is -2.81. The third-order valence-corrected chi connectivity index (χ3v) is 8.19. The van der Waals surface area contributed by atoms with Crippen LogP contribution in [-0.2, 0) is 14.6 Å². The van der Waals surface area contributed by atoms with Gasteiger partial charge in [-0.05, 0) is 60.3 Å². The SMILES string of the molecule is O=S(=O)(O)OC12C=CC3CCC(c4ccccc4)C4C=CCN(NNN1c1ccccc1)C2C34. The van der Waals surface area contributed by atoms with Crippen molar-refractivity contribution in [1.29, 1.82) is 0 Å². The molecule has 2 aliphatic heterocycles. The van der Waals surface area contributed by atoms with Gasteiger partial charge in [-0.25, -0.2) is 9.19 Å². The molecule has 3 N–H and O–H groups in total. The van der Waals surface area contributed by atoms with Gasteiger partial charge >= 0.3 is 10.4 Å². The van der Waals surface area contributed by atoms with E-state index in [4.69, 9.17) is 4.18 Å². The summed E-state index contributed by atoms with van der Waals surface area (Å²) in [6.07, 6.45) is 10.4. The van der Waals surface area contributed by atoms with Crippen molar-refractivity contribution in [2.24, 2.45) is 17.8 Å². The molecule has 0 aromatic heterocycles. The number of para-hydroxylation sites is 1. The van der Waals surface area contributed by atoms with E-state index in [2.05, 4.69) is 53.6 Å². The Bertz CT molecular complexity index is 1210. The monoisotopic (exact) mass is 480 g/mol. The Morgan fingerprint density at radius 1 is 0.971 bits per heavy atom. The van der Waals surface area contributed by atoms with Gasteiger partial charge in [0.05, 0.1) is 11.7 Å². The molecule has 2 heterocycles. The molecule has 0 amide bonds. The fraction of sp³-hybridized carbons (Fsp3) is 0.360. The van der Waals surface area contributed by atoms with Gasteiger partial charge in [-0.15, -0.1) is 0 Å². The number of rotatable bonds is 4. The van der Waals surface area contributed by atoms with Gasteiger partial charge in [0.1, 0.15) is 0 Å². The number of benzene rings is 2. The first-order valence-corrected chi connectivity index (χ1v) is 13.0. The summed E-state index contributed by atoms with van der Waals surface area (Å²) in [5, 5.41) is 3.67. The summed E-state index contributed by atoms with van der Waals surface area (Å²) in [5.74, 6) is 0.817. The quantitative estimate of drug-likeness (QED) is 0.454. The van der Waals surface area contributed by atoms with Crippen molar-refractivity contribution in [3.63, 3.8) is 0 Å². The van der Waals surface area contributed by atoms with Crippen LogP contribution in [0.25, 0.3) is 0 Å². The Morgan fingerprint density at radius 3 is 2.44 bits per heavy atom. The highest BCUT2D eigenvalue weighted by Gasteiger charge is 2.61. The van der Waals surface area contributed by atoms with Crippen LogP contribution in [-0.4, -0.2) is 36.3 Å². The van der Waals surface area contributed by atoms with Gasteiger partial charge in [0, 0.05) is 6.54 Å². The minimum atomic E-state index is -4.78. The van der Waals surface area contributed by atoms with E-state index in [9.17, 15) is 13.0 Å². The summed E-state index contributed by atoms with van der Waals surface area (Å²) in [6, 6.07) is 19.5. The highest BCUT2D eigenvalue weighted by molar-refractivity contribution is 7.80. The van der Waals surface area contributed by atoms with Crippen LogP contribution in [0, 0.1) is 17.8 Å². The number of hydrazine groups is 3. The largest absolute Gasteiger partial charge is 0.400 e. The first kappa shape index (κ1) is 22.0. The molecule has 0 spiro atoms. The molecule has 6 atom stereocenters. The molecule has 0 radical (unpaired) electrons. The van der Waals surface area contributed by atoms with Crippen molar-refractivity contribution in [2.75, 3.05) is 11.6 Å². The van der Waals surface area contributed by atoms with Gasteiger partial charge in [0.25, 0.3) is 0 Å². The molecule has 9 heteroatoms. The maximum Gasteiger partial charge on any atom is 0.400 e. The maximum absolute atomic E-state index is 12.3. The normalized spacial score (nSPS) is 35.0. The molecule has 178 valence electrons. The van der Waals surface area contributed by atoms with Crippen LogP contribution in [0.2, 0.25) is 0 Å². The summed E-state index contributed by atoms with van der Waals surface area (Å²) in [5.41, 5.74) is 6.90. The Hall–Kier alpha value is -2.53. The first-order valence-electron chi connectivity index (χ1n) is 11.7. The summed E-state index contributed by atoms with van der Waals surface area (Å²) in [7, 11) is -4.78. The Kier molecular flexibility index (Phi) is 5.36. The third kappa shape index (κ3) is 3.60. The van der Waals surface area contributed by atoms with Crippen LogP contribution < -0.4 is 16.1 Å². The van der Waals surface area contributed by atoms with E-state index in [0.717, 1.165) is 12.8 Å². The average molecular weight is 481 g/mol. The molecule has 2 aromatic carbocycles. The lowest BCUT2D eigenvalue weighted by Gasteiger charge is -2.60. The van der Waals surface area contributed by atoms with Crippen LogP contribution in [0.3, 0.4) is 0 Å². The number of anilines is 1. The molecular weight excluding hydrogens is 452 g/mol. The van der Waals surface area contributed by atoms with Crippen molar-refractivity contribution >= 4 is 16.1 Å². The van der Waals surface area contributed by atoms with Crippen LogP contribution >= 0.6 is 0 Å². The lowest BCUT2D eigenvalue weighted by atomic mass is 9.58. The molecule has 4 aliphatic rings. The minimum Gasteiger partial charge on any atom is -0.263 e. The highest BCUT2D eigenvalue weighted by Crippen LogP contribution is 2.54. The van der Waals surface area contributed by atoms with E-state index in [1.165, 1.54) is 5.56 Å². The van der Waals surface area contributed by atoms with E-state index in [-0.39, 0.29) is 17.8 Å². The van der Waals surface area contributed by atoms with Crippen LogP contribution in [0.5, 0.6) is 0 Å². The maximum atomic E-state index is 12.3. The predicted octanol–water partition coefficient (Wildman–Crippen LogP) is 3.18. The van der Waals surface area contributed by atoms with Crippen molar-refractivity contribution in [2.45, 2.75) is 30.5 Å². The number of allylic oxidation sites excluding steroid dienone is 2. The summed E-state index contributed by atoms with van der Waals surface area (Å²) >= 11 is 0. The van der Waals surface area contributed by atoms with E-state index in [1.54, 1.807) is 5.01 Å². The molecule has 6 rings (SSSR count). The van der Waals surface area contributed by atoms with Gasteiger partial charge < -0.3 is 0 Å². The molecule has 8 nitrogen and oxygen atoms in total. The Balaban J connectivity index is 1.51. The molecular formula is C25H28N4O4S. The Labute approximate surface area is 199 Å². The van der Waals surface area contributed by atoms with Crippen LogP contribution in [0.1, 0.15) is 24.3 Å². The lowest BCUT2D eigenvalue weighted by molar-refractivity contribution is -0.121. The smallest absolute Gasteiger partial charge is 0.263 e. The molecule has 2 fully saturated rings. The summed E-state index contributed by atoms with van der Waals surface area (Å²) in [4.78, 5) is 0. The van der Waals surface area contributed by atoms with Crippen molar-refractivity contribution in [1.82, 2.24) is 16.1 Å². The average Bonchev–Trinajstić information content (AvgIpc) is 3.04. The van der Waals surface area contributed by atoms with Gasteiger partial charge in [0.2, 0.25) is 5.72 Å². The standard InChI is InChI=1S/C25H28N4O4S/c30-34(31,32)33-25-16-15-19-13-14-21(18-8-3-1-4-9-18)22-12-7-17-28(24(25)23(19)22)26-27-29(25)20-10-5-2-6-11-20/h1-12,15-16,19,21-24,26-27H,13-14,17H2,(H,30,31,32).